The number of aryl methyl sites for hydroxylation is 2. The fourth-order valence-electron chi connectivity index (χ4n) is 5.04. The van der Waals surface area contributed by atoms with Gasteiger partial charge in [0.1, 0.15) is 18.1 Å². The summed E-state index contributed by atoms with van der Waals surface area (Å²) in [7, 11) is 5.64. The van der Waals surface area contributed by atoms with Crippen LogP contribution in [0, 0.1) is 19.8 Å². The molecule has 0 unspecified atom stereocenters. The van der Waals surface area contributed by atoms with E-state index < -0.39 is 0 Å². The molecule has 0 bridgehead atoms. The molecule has 1 aliphatic carbocycles. The maximum absolute atomic E-state index is 13.1. The molecule has 1 fully saturated rings. The van der Waals surface area contributed by atoms with Crippen molar-refractivity contribution in [3.8, 4) is 11.5 Å². The number of ether oxygens (including phenoxy) is 2. The molecule has 0 atom stereocenters. The van der Waals surface area contributed by atoms with Gasteiger partial charge >= 0.3 is 6.03 Å². The zero-order chi connectivity index (χ0) is 25.8. The first kappa shape index (κ1) is 25.8. The molecule has 3 amide bonds. The highest BCUT2D eigenvalue weighted by Crippen LogP contribution is 2.38. The molecule has 0 aromatic heterocycles. The van der Waals surface area contributed by atoms with E-state index in [1.54, 1.807) is 7.11 Å². The molecule has 4 rings (SSSR count). The monoisotopic (exact) mass is 494 g/mol. The van der Waals surface area contributed by atoms with Crippen molar-refractivity contribution in [2.75, 3.05) is 45.0 Å². The van der Waals surface area contributed by atoms with Crippen LogP contribution >= 0.6 is 0 Å². The summed E-state index contributed by atoms with van der Waals surface area (Å²) in [5, 5.41) is 6.13. The quantitative estimate of drug-likeness (QED) is 0.551. The summed E-state index contributed by atoms with van der Waals surface area (Å²) in [4.78, 5) is 30.0. The Morgan fingerprint density at radius 2 is 1.81 bits per heavy atom. The van der Waals surface area contributed by atoms with Crippen LogP contribution < -0.4 is 20.1 Å². The summed E-state index contributed by atoms with van der Waals surface area (Å²) < 4.78 is 11.4. The number of rotatable bonds is 8. The molecular formula is C28H38N4O4. The van der Waals surface area contributed by atoms with Crippen molar-refractivity contribution in [3.63, 3.8) is 0 Å². The lowest BCUT2D eigenvalue weighted by atomic mass is 9.84. The minimum Gasteiger partial charge on any atom is -0.496 e. The van der Waals surface area contributed by atoms with Crippen LogP contribution in [0.4, 0.5) is 16.2 Å². The summed E-state index contributed by atoms with van der Waals surface area (Å²) in [6.07, 6.45) is 3.11. The van der Waals surface area contributed by atoms with E-state index >= 15 is 0 Å². The molecule has 36 heavy (non-hydrogen) atoms. The lowest BCUT2D eigenvalue weighted by Crippen LogP contribution is -2.47. The largest absolute Gasteiger partial charge is 0.496 e. The summed E-state index contributed by atoms with van der Waals surface area (Å²) in [6, 6.07) is 9.71. The molecule has 2 aromatic rings. The predicted octanol–water partition coefficient (Wildman–Crippen LogP) is 4.80. The van der Waals surface area contributed by atoms with Crippen molar-refractivity contribution in [2.24, 2.45) is 5.92 Å². The molecule has 1 aliphatic heterocycles. The van der Waals surface area contributed by atoms with E-state index in [1.165, 1.54) is 0 Å². The summed E-state index contributed by atoms with van der Waals surface area (Å²) in [5.74, 6) is 1.45. The van der Waals surface area contributed by atoms with Crippen molar-refractivity contribution in [1.82, 2.24) is 9.80 Å². The second-order valence-electron chi connectivity index (χ2n) is 10.1. The van der Waals surface area contributed by atoms with Crippen molar-refractivity contribution in [2.45, 2.75) is 52.1 Å². The van der Waals surface area contributed by atoms with Crippen LogP contribution in [0.5, 0.6) is 11.5 Å². The fourth-order valence-corrected chi connectivity index (χ4v) is 5.04. The Balaban J connectivity index is 1.37. The summed E-state index contributed by atoms with van der Waals surface area (Å²) >= 11 is 0. The minimum absolute atomic E-state index is 0.0307. The molecule has 0 radical (unpaired) electrons. The molecule has 8 heteroatoms. The highest BCUT2D eigenvalue weighted by atomic mass is 16.5. The molecule has 0 saturated heterocycles. The third kappa shape index (κ3) is 5.75. The number of benzene rings is 2. The number of carbonyl (C=O) groups excluding carboxylic acids is 2. The molecule has 8 nitrogen and oxygen atoms in total. The van der Waals surface area contributed by atoms with Gasteiger partial charge < -0.3 is 29.9 Å². The van der Waals surface area contributed by atoms with Crippen LogP contribution in [-0.2, 0) is 11.3 Å². The van der Waals surface area contributed by atoms with Gasteiger partial charge in [-0.15, -0.1) is 0 Å². The number of likely N-dealkylation sites (N-methyl/N-ethyl adjacent to an activating group) is 1. The van der Waals surface area contributed by atoms with E-state index in [1.807, 2.05) is 50.2 Å². The van der Waals surface area contributed by atoms with E-state index in [9.17, 15) is 9.59 Å². The highest BCUT2D eigenvalue weighted by molar-refractivity contribution is 5.95. The molecule has 194 valence electrons. The maximum Gasteiger partial charge on any atom is 0.322 e. The SMILES string of the molecule is COc1cc(NC(=O)C2CCC(N3Cc4c(C)ccc(OCCN(C)C)c4NC3=O)CC2)ccc1C. The van der Waals surface area contributed by atoms with Gasteiger partial charge in [-0.25, -0.2) is 4.79 Å². The number of nitrogens with one attached hydrogen (secondary N) is 2. The van der Waals surface area contributed by atoms with Crippen molar-refractivity contribution in [1.29, 1.82) is 0 Å². The van der Waals surface area contributed by atoms with Crippen LogP contribution in [0.25, 0.3) is 0 Å². The Labute approximate surface area is 213 Å². The van der Waals surface area contributed by atoms with Gasteiger partial charge in [0.05, 0.1) is 19.3 Å². The normalized spacial score (nSPS) is 19.5. The van der Waals surface area contributed by atoms with Crippen LogP contribution in [0.15, 0.2) is 30.3 Å². The lowest BCUT2D eigenvalue weighted by Gasteiger charge is -2.40. The van der Waals surface area contributed by atoms with E-state index in [0.29, 0.717) is 13.2 Å². The van der Waals surface area contributed by atoms with Gasteiger partial charge in [0, 0.05) is 35.8 Å². The Bertz CT molecular complexity index is 1110. The standard InChI is InChI=1S/C28H38N4O4/c1-18-7-13-24(36-15-14-31(3)4)26-23(18)17-32(28(34)30-26)22-11-8-20(9-12-22)27(33)29-21-10-6-19(2)25(16-21)35-5/h6-7,10,13,16,20,22H,8-9,11-12,14-15,17H2,1-5H3,(H,29,33)(H,30,34). The number of anilines is 2. The van der Waals surface area contributed by atoms with Crippen LogP contribution in [0.3, 0.4) is 0 Å². The summed E-state index contributed by atoms with van der Waals surface area (Å²) in [6.45, 7) is 5.96. The Morgan fingerprint density at radius 3 is 2.50 bits per heavy atom. The number of urea groups is 1. The number of amides is 3. The van der Waals surface area contributed by atoms with Crippen LogP contribution in [-0.4, -0.2) is 62.1 Å². The van der Waals surface area contributed by atoms with Crippen LogP contribution in [0.1, 0.15) is 42.4 Å². The average Bonchev–Trinajstić information content (AvgIpc) is 2.86. The van der Waals surface area contributed by atoms with Crippen LogP contribution in [0.2, 0.25) is 0 Å². The van der Waals surface area contributed by atoms with Gasteiger partial charge in [-0.2, -0.15) is 0 Å². The van der Waals surface area contributed by atoms with E-state index in [4.69, 9.17) is 9.47 Å². The Kier molecular flexibility index (Phi) is 8.04. The molecule has 2 N–H and O–H groups in total. The van der Waals surface area contributed by atoms with E-state index in [2.05, 4.69) is 28.5 Å². The van der Waals surface area contributed by atoms with Crippen molar-refractivity contribution >= 4 is 23.3 Å². The third-order valence-corrected chi connectivity index (χ3v) is 7.31. The zero-order valence-electron chi connectivity index (χ0n) is 22.0. The Hall–Kier alpha value is -3.26. The van der Waals surface area contributed by atoms with Gasteiger partial charge in [0.2, 0.25) is 5.91 Å². The van der Waals surface area contributed by atoms with Gasteiger partial charge in [-0.05, 0) is 76.9 Å². The number of nitrogens with zero attached hydrogens (tertiary/aromatic N) is 2. The van der Waals surface area contributed by atoms with Gasteiger partial charge in [-0.3, -0.25) is 4.79 Å². The molecule has 1 heterocycles. The molecular weight excluding hydrogens is 456 g/mol. The lowest BCUT2D eigenvalue weighted by molar-refractivity contribution is -0.121. The molecule has 1 saturated carbocycles. The number of carbonyl (C=O) groups is 2. The molecule has 0 spiro atoms. The predicted molar refractivity (Wildman–Crippen MR) is 142 cm³/mol. The van der Waals surface area contributed by atoms with Crippen molar-refractivity contribution in [3.05, 3.63) is 47.0 Å². The van der Waals surface area contributed by atoms with E-state index in [0.717, 1.165) is 71.8 Å². The topological polar surface area (TPSA) is 83.1 Å². The minimum atomic E-state index is -0.0924. The first-order chi connectivity index (χ1) is 17.3. The van der Waals surface area contributed by atoms with Gasteiger partial charge in [0.25, 0.3) is 0 Å². The smallest absolute Gasteiger partial charge is 0.322 e. The van der Waals surface area contributed by atoms with E-state index in [-0.39, 0.29) is 23.9 Å². The summed E-state index contributed by atoms with van der Waals surface area (Å²) in [5.41, 5.74) is 4.80. The second-order valence-corrected chi connectivity index (χ2v) is 10.1. The maximum atomic E-state index is 13.1. The highest BCUT2D eigenvalue weighted by Gasteiger charge is 2.35. The number of fused-ring (bicyclic) bond motifs is 1. The second kappa shape index (κ2) is 11.2. The van der Waals surface area contributed by atoms with Gasteiger partial charge in [0.15, 0.2) is 0 Å². The third-order valence-electron chi connectivity index (χ3n) is 7.31. The fraction of sp³-hybridized carbons (Fsp3) is 0.500. The molecule has 2 aromatic carbocycles. The number of hydrogen-bond acceptors (Lipinski definition) is 5. The molecule has 2 aliphatic rings. The van der Waals surface area contributed by atoms with Crippen molar-refractivity contribution < 1.29 is 19.1 Å². The first-order valence-electron chi connectivity index (χ1n) is 12.7. The zero-order valence-corrected chi connectivity index (χ0v) is 22.0. The average molecular weight is 495 g/mol. The van der Waals surface area contributed by atoms with Gasteiger partial charge in [-0.1, -0.05) is 12.1 Å². The number of hydrogen-bond donors (Lipinski definition) is 2. The Morgan fingerprint density at radius 1 is 1.08 bits per heavy atom. The number of methoxy groups -OCH3 is 1. The first-order valence-corrected chi connectivity index (χ1v) is 12.7.